The maximum absolute atomic E-state index is 12.5. The summed E-state index contributed by atoms with van der Waals surface area (Å²) in [5.41, 5.74) is 3.72. The molecule has 2 heterocycles. The SMILES string of the molecule is Cc1nn(-c2ccccc2)nc1C(=O)Nc1ccc2c(c1)B(O)OC2. The molecular formula is C17H15BN4O3. The molecule has 2 N–H and O–H groups in total. The minimum absolute atomic E-state index is 0.251. The summed E-state index contributed by atoms with van der Waals surface area (Å²) in [6.45, 7) is 2.11. The third-order valence-electron chi connectivity index (χ3n) is 4.05. The smallest absolute Gasteiger partial charge is 0.423 e. The van der Waals surface area contributed by atoms with E-state index in [-0.39, 0.29) is 11.6 Å². The molecule has 0 bridgehead atoms. The Kier molecular flexibility index (Phi) is 3.83. The minimum Gasteiger partial charge on any atom is -0.423 e. The molecule has 0 atom stereocenters. The van der Waals surface area contributed by atoms with Gasteiger partial charge in [0.25, 0.3) is 5.91 Å². The number of nitrogens with zero attached hydrogens (tertiary/aromatic N) is 3. The number of para-hydroxylation sites is 1. The lowest BCUT2D eigenvalue weighted by atomic mass is 9.79. The van der Waals surface area contributed by atoms with Gasteiger partial charge in [0.1, 0.15) is 0 Å². The summed E-state index contributed by atoms with van der Waals surface area (Å²) < 4.78 is 5.16. The van der Waals surface area contributed by atoms with Gasteiger partial charge in [0.2, 0.25) is 0 Å². The van der Waals surface area contributed by atoms with Crippen LogP contribution in [0.15, 0.2) is 48.5 Å². The molecule has 7 nitrogen and oxygen atoms in total. The number of carbonyl (C=O) groups excluding carboxylic acids is 1. The molecule has 1 aliphatic heterocycles. The van der Waals surface area contributed by atoms with Crippen LogP contribution in [0.2, 0.25) is 0 Å². The Bertz CT molecular complexity index is 942. The minimum atomic E-state index is -0.951. The van der Waals surface area contributed by atoms with Crippen molar-refractivity contribution in [3.05, 3.63) is 65.5 Å². The zero-order valence-electron chi connectivity index (χ0n) is 13.5. The van der Waals surface area contributed by atoms with Gasteiger partial charge in [-0.2, -0.15) is 9.90 Å². The fourth-order valence-corrected chi connectivity index (χ4v) is 2.75. The third-order valence-corrected chi connectivity index (χ3v) is 4.05. The number of aryl methyl sites for hydroxylation is 1. The molecule has 1 amide bonds. The Morgan fingerprint density at radius 2 is 2.04 bits per heavy atom. The summed E-state index contributed by atoms with van der Waals surface area (Å²) in [5.74, 6) is -0.354. The molecule has 0 radical (unpaired) electrons. The second-order valence-electron chi connectivity index (χ2n) is 5.79. The number of amides is 1. The molecule has 0 spiro atoms. The molecule has 0 saturated heterocycles. The molecule has 0 unspecified atom stereocenters. The lowest BCUT2D eigenvalue weighted by molar-refractivity contribution is 0.102. The molecule has 0 fully saturated rings. The van der Waals surface area contributed by atoms with Gasteiger partial charge in [0.05, 0.1) is 18.0 Å². The van der Waals surface area contributed by atoms with Crippen molar-refractivity contribution in [1.82, 2.24) is 15.0 Å². The Morgan fingerprint density at radius 3 is 2.84 bits per heavy atom. The highest BCUT2D eigenvalue weighted by molar-refractivity contribution is 6.61. The Hall–Kier alpha value is -2.97. The highest BCUT2D eigenvalue weighted by Gasteiger charge is 2.27. The zero-order valence-corrected chi connectivity index (χ0v) is 13.5. The van der Waals surface area contributed by atoms with E-state index >= 15 is 0 Å². The molecule has 3 aromatic rings. The van der Waals surface area contributed by atoms with Crippen molar-refractivity contribution in [3.63, 3.8) is 0 Å². The second-order valence-corrected chi connectivity index (χ2v) is 5.79. The van der Waals surface area contributed by atoms with Crippen LogP contribution in [0.25, 0.3) is 5.69 Å². The summed E-state index contributed by atoms with van der Waals surface area (Å²) in [6.07, 6.45) is 0. The second kappa shape index (κ2) is 6.16. The number of fused-ring (bicyclic) bond motifs is 1. The first-order valence-electron chi connectivity index (χ1n) is 7.85. The van der Waals surface area contributed by atoms with Crippen LogP contribution in [0.4, 0.5) is 5.69 Å². The van der Waals surface area contributed by atoms with Crippen LogP contribution in [0.5, 0.6) is 0 Å². The topological polar surface area (TPSA) is 89.3 Å². The standard InChI is InChI=1S/C17H15BN4O3/c1-11-16(21-22(20-11)14-5-3-2-4-6-14)17(23)19-13-8-7-12-10-25-18(24)15(12)9-13/h2-9,24H,10H2,1H3,(H,19,23). The van der Waals surface area contributed by atoms with Crippen molar-refractivity contribution in [2.24, 2.45) is 0 Å². The fourth-order valence-electron chi connectivity index (χ4n) is 2.75. The maximum Gasteiger partial charge on any atom is 0.491 e. The highest BCUT2D eigenvalue weighted by Crippen LogP contribution is 2.16. The van der Waals surface area contributed by atoms with Gasteiger partial charge in [-0.15, -0.1) is 5.10 Å². The summed E-state index contributed by atoms with van der Waals surface area (Å²) in [7, 11) is -0.951. The average molecular weight is 334 g/mol. The number of nitrogens with one attached hydrogen (secondary N) is 1. The lowest BCUT2D eigenvalue weighted by Gasteiger charge is -2.06. The van der Waals surface area contributed by atoms with Crippen molar-refractivity contribution >= 4 is 24.2 Å². The first-order chi connectivity index (χ1) is 12.1. The van der Waals surface area contributed by atoms with Crippen LogP contribution in [0.3, 0.4) is 0 Å². The van der Waals surface area contributed by atoms with Crippen LogP contribution in [0.1, 0.15) is 21.7 Å². The van der Waals surface area contributed by atoms with Crippen LogP contribution < -0.4 is 10.8 Å². The molecule has 2 aromatic carbocycles. The molecule has 1 aliphatic rings. The van der Waals surface area contributed by atoms with Crippen molar-refractivity contribution in [2.75, 3.05) is 5.32 Å². The summed E-state index contributed by atoms with van der Waals surface area (Å²) >= 11 is 0. The number of hydrogen-bond donors (Lipinski definition) is 2. The fraction of sp³-hybridized carbons (Fsp3) is 0.118. The van der Waals surface area contributed by atoms with Crippen molar-refractivity contribution < 1.29 is 14.5 Å². The van der Waals surface area contributed by atoms with Crippen LogP contribution >= 0.6 is 0 Å². The number of rotatable bonds is 3. The van der Waals surface area contributed by atoms with Gasteiger partial charge in [-0.1, -0.05) is 24.3 Å². The van der Waals surface area contributed by atoms with Gasteiger partial charge in [-0.05, 0) is 42.2 Å². The van der Waals surface area contributed by atoms with E-state index in [9.17, 15) is 9.82 Å². The third kappa shape index (κ3) is 2.93. The van der Waals surface area contributed by atoms with Gasteiger partial charge < -0.3 is 15.0 Å². The normalized spacial score (nSPS) is 13.0. The quantitative estimate of drug-likeness (QED) is 0.699. The van der Waals surface area contributed by atoms with E-state index in [0.29, 0.717) is 23.5 Å². The number of anilines is 1. The number of hydrogen-bond acceptors (Lipinski definition) is 5. The summed E-state index contributed by atoms with van der Waals surface area (Å²) in [6, 6.07) is 14.7. The van der Waals surface area contributed by atoms with Crippen molar-refractivity contribution in [3.8, 4) is 5.69 Å². The predicted molar refractivity (Wildman–Crippen MR) is 92.9 cm³/mol. The summed E-state index contributed by atoms with van der Waals surface area (Å²) in [4.78, 5) is 14.0. The summed E-state index contributed by atoms with van der Waals surface area (Å²) in [5, 5.41) is 21.1. The largest absolute Gasteiger partial charge is 0.491 e. The molecule has 1 aromatic heterocycles. The van der Waals surface area contributed by atoms with E-state index in [1.807, 2.05) is 36.4 Å². The monoisotopic (exact) mass is 334 g/mol. The predicted octanol–water partition coefficient (Wildman–Crippen LogP) is 1.05. The molecular weight excluding hydrogens is 319 g/mol. The van der Waals surface area contributed by atoms with E-state index in [2.05, 4.69) is 15.5 Å². The van der Waals surface area contributed by atoms with Gasteiger partial charge in [-0.3, -0.25) is 4.79 Å². The molecule has 0 saturated carbocycles. The first kappa shape index (κ1) is 15.6. The first-order valence-corrected chi connectivity index (χ1v) is 7.85. The molecule has 8 heteroatoms. The van der Waals surface area contributed by atoms with E-state index in [1.54, 1.807) is 19.1 Å². The average Bonchev–Trinajstić information content (AvgIpc) is 3.19. The Morgan fingerprint density at radius 1 is 1.24 bits per heavy atom. The molecule has 124 valence electrons. The highest BCUT2D eigenvalue weighted by atomic mass is 16.5. The van der Waals surface area contributed by atoms with E-state index in [1.165, 1.54) is 4.80 Å². The van der Waals surface area contributed by atoms with Crippen LogP contribution in [-0.2, 0) is 11.3 Å². The number of benzene rings is 2. The van der Waals surface area contributed by atoms with Crippen LogP contribution in [0, 0.1) is 6.92 Å². The van der Waals surface area contributed by atoms with E-state index in [0.717, 1.165) is 11.3 Å². The van der Waals surface area contributed by atoms with Crippen molar-refractivity contribution in [1.29, 1.82) is 0 Å². The number of carbonyl (C=O) groups is 1. The van der Waals surface area contributed by atoms with Gasteiger partial charge in [-0.25, -0.2) is 0 Å². The molecule has 4 rings (SSSR count). The molecule has 0 aliphatic carbocycles. The van der Waals surface area contributed by atoms with E-state index in [4.69, 9.17) is 4.65 Å². The molecule has 25 heavy (non-hydrogen) atoms. The zero-order chi connectivity index (χ0) is 17.4. The lowest BCUT2D eigenvalue weighted by Crippen LogP contribution is -2.28. The van der Waals surface area contributed by atoms with Gasteiger partial charge in [0, 0.05) is 5.69 Å². The Balaban J connectivity index is 1.58. The van der Waals surface area contributed by atoms with Crippen LogP contribution in [-0.4, -0.2) is 33.0 Å². The maximum atomic E-state index is 12.5. The Labute approximate surface area is 144 Å². The van der Waals surface area contributed by atoms with Gasteiger partial charge >= 0.3 is 7.12 Å². The van der Waals surface area contributed by atoms with Crippen molar-refractivity contribution in [2.45, 2.75) is 13.5 Å². The number of aromatic nitrogens is 3. The van der Waals surface area contributed by atoms with Gasteiger partial charge in [0.15, 0.2) is 5.69 Å². The van der Waals surface area contributed by atoms with E-state index < -0.39 is 7.12 Å².